The highest BCUT2D eigenvalue weighted by atomic mass is 35.5. The largest absolute Gasteiger partial charge is 0.392 e. The molecule has 1 rings (SSSR count). The predicted octanol–water partition coefficient (Wildman–Crippen LogP) is 2.83. The van der Waals surface area contributed by atoms with E-state index in [1.165, 1.54) is 0 Å². The van der Waals surface area contributed by atoms with Crippen molar-refractivity contribution in [1.29, 1.82) is 0 Å². The van der Waals surface area contributed by atoms with Crippen LogP contribution in [0.5, 0.6) is 0 Å². The van der Waals surface area contributed by atoms with Gasteiger partial charge in [0.1, 0.15) is 0 Å². The molecule has 0 aliphatic heterocycles. The summed E-state index contributed by atoms with van der Waals surface area (Å²) in [6.07, 6.45) is 0. The zero-order valence-electron chi connectivity index (χ0n) is 10.7. The standard InChI is InChI=1S/C13H17ClN2OS/c1-8(9-5-4-6-10(14)7-9)16-12(17)13(2,3)11(15)18/h4-8H,1-3H3,(H2,15,18)(H,16,17). The molecule has 3 nitrogen and oxygen atoms in total. The first-order valence-electron chi connectivity index (χ1n) is 5.61. The Hall–Kier alpha value is -1.13. The fourth-order valence-corrected chi connectivity index (χ4v) is 1.64. The maximum absolute atomic E-state index is 12.1. The molecule has 0 aromatic heterocycles. The number of rotatable bonds is 4. The minimum atomic E-state index is -0.859. The minimum Gasteiger partial charge on any atom is -0.392 e. The summed E-state index contributed by atoms with van der Waals surface area (Å²) >= 11 is 10.8. The van der Waals surface area contributed by atoms with E-state index in [2.05, 4.69) is 5.32 Å². The summed E-state index contributed by atoms with van der Waals surface area (Å²) in [5.41, 5.74) is 5.64. The molecule has 1 amide bonds. The highest BCUT2D eigenvalue weighted by Gasteiger charge is 2.31. The fraction of sp³-hybridized carbons (Fsp3) is 0.385. The Kier molecular flexibility index (Phi) is 4.71. The Morgan fingerprint density at radius 2 is 2.11 bits per heavy atom. The van der Waals surface area contributed by atoms with E-state index >= 15 is 0 Å². The van der Waals surface area contributed by atoms with Crippen LogP contribution in [0.15, 0.2) is 24.3 Å². The molecule has 0 bridgehead atoms. The lowest BCUT2D eigenvalue weighted by atomic mass is 9.91. The first kappa shape index (κ1) is 14.9. The van der Waals surface area contributed by atoms with E-state index in [-0.39, 0.29) is 16.9 Å². The maximum atomic E-state index is 12.1. The van der Waals surface area contributed by atoms with Gasteiger partial charge in [0, 0.05) is 5.02 Å². The molecule has 0 saturated carbocycles. The third kappa shape index (κ3) is 3.43. The lowest BCUT2D eigenvalue weighted by Crippen LogP contribution is -2.45. The van der Waals surface area contributed by atoms with Crippen molar-refractivity contribution in [3.05, 3.63) is 34.9 Å². The second-order valence-electron chi connectivity index (χ2n) is 4.74. The fourth-order valence-electron chi connectivity index (χ4n) is 1.35. The number of carbonyl (C=O) groups excluding carboxylic acids is 1. The molecule has 0 fully saturated rings. The van der Waals surface area contributed by atoms with Gasteiger partial charge in [-0.1, -0.05) is 36.0 Å². The van der Waals surface area contributed by atoms with E-state index in [4.69, 9.17) is 29.6 Å². The molecular formula is C13H17ClN2OS. The zero-order chi connectivity index (χ0) is 13.9. The molecule has 1 unspecified atom stereocenters. The Bertz CT molecular complexity index is 474. The number of benzene rings is 1. The second-order valence-corrected chi connectivity index (χ2v) is 5.62. The molecule has 1 atom stereocenters. The Morgan fingerprint density at radius 1 is 1.50 bits per heavy atom. The molecule has 1 aromatic rings. The Morgan fingerprint density at radius 3 is 2.61 bits per heavy atom. The molecule has 18 heavy (non-hydrogen) atoms. The van der Waals surface area contributed by atoms with Crippen molar-refractivity contribution in [3.8, 4) is 0 Å². The smallest absolute Gasteiger partial charge is 0.232 e. The van der Waals surface area contributed by atoms with Gasteiger partial charge in [-0.3, -0.25) is 4.79 Å². The molecule has 0 heterocycles. The van der Waals surface area contributed by atoms with E-state index in [1.54, 1.807) is 19.9 Å². The van der Waals surface area contributed by atoms with Crippen LogP contribution in [0.25, 0.3) is 0 Å². The van der Waals surface area contributed by atoms with E-state index in [0.29, 0.717) is 5.02 Å². The van der Waals surface area contributed by atoms with Crippen LogP contribution in [0.2, 0.25) is 5.02 Å². The molecule has 0 saturated heterocycles. The van der Waals surface area contributed by atoms with Crippen molar-refractivity contribution >= 4 is 34.7 Å². The summed E-state index contributed by atoms with van der Waals surface area (Å²) in [7, 11) is 0. The van der Waals surface area contributed by atoms with Gasteiger partial charge in [0.05, 0.1) is 16.4 Å². The van der Waals surface area contributed by atoms with Gasteiger partial charge >= 0.3 is 0 Å². The Balaban J connectivity index is 2.80. The molecule has 3 N–H and O–H groups in total. The zero-order valence-corrected chi connectivity index (χ0v) is 12.2. The van der Waals surface area contributed by atoms with Crippen LogP contribution in [-0.2, 0) is 4.79 Å². The molecule has 0 spiro atoms. The lowest BCUT2D eigenvalue weighted by molar-refractivity contribution is -0.126. The normalized spacial score (nSPS) is 12.9. The highest BCUT2D eigenvalue weighted by Crippen LogP contribution is 2.21. The average molecular weight is 285 g/mol. The van der Waals surface area contributed by atoms with Crippen LogP contribution in [-0.4, -0.2) is 10.9 Å². The van der Waals surface area contributed by atoms with E-state index in [9.17, 15) is 4.79 Å². The van der Waals surface area contributed by atoms with Gasteiger partial charge in [-0.05, 0) is 38.5 Å². The van der Waals surface area contributed by atoms with Gasteiger partial charge < -0.3 is 11.1 Å². The van der Waals surface area contributed by atoms with Gasteiger partial charge in [-0.2, -0.15) is 0 Å². The third-order valence-corrected chi connectivity index (χ3v) is 3.63. The van der Waals surface area contributed by atoms with Crippen molar-refractivity contribution in [3.63, 3.8) is 0 Å². The van der Waals surface area contributed by atoms with Gasteiger partial charge in [0.15, 0.2) is 0 Å². The van der Waals surface area contributed by atoms with Crippen molar-refractivity contribution in [1.82, 2.24) is 5.32 Å². The Labute approximate surface area is 118 Å². The molecule has 0 radical (unpaired) electrons. The number of hydrogen-bond donors (Lipinski definition) is 2. The van der Waals surface area contributed by atoms with Crippen LogP contribution < -0.4 is 11.1 Å². The van der Waals surface area contributed by atoms with Crippen LogP contribution in [0.4, 0.5) is 0 Å². The second kappa shape index (κ2) is 5.67. The summed E-state index contributed by atoms with van der Waals surface area (Å²) in [5.74, 6) is -0.192. The summed E-state index contributed by atoms with van der Waals surface area (Å²) in [6, 6.07) is 7.22. The molecule has 98 valence electrons. The molecule has 1 aromatic carbocycles. The van der Waals surface area contributed by atoms with Gasteiger partial charge in [0.2, 0.25) is 5.91 Å². The highest BCUT2D eigenvalue weighted by molar-refractivity contribution is 7.80. The summed E-state index contributed by atoms with van der Waals surface area (Å²) < 4.78 is 0. The van der Waals surface area contributed by atoms with Crippen molar-refractivity contribution in [2.24, 2.45) is 11.1 Å². The molecule has 0 aliphatic rings. The number of carbonyl (C=O) groups is 1. The summed E-state index contributed by atoms with van der Waals surface area (Å²) in [4.78, 5) is 12.2. The monoisotopic (exact) mass is 284 g/mol. The van der Waals surface area contributed by atoms with Crippen molar-refractivity contribution < 1.29 is 4.79 Å². The first-order chi connectivity index (χ1) is 8.25. The van der Waals surface area contributed by atoms with Crippen molar-refractivity contribution in [2.45, 2.75) is 26.8 Å². The van der Waals surface area contributed by atoms with Gasteiger partial charge in [0.25, 0.3) is 0 Å². The summed E-state index contributed by atoms with van der Waals surface area (Å²) in [5, 5.41) is 3.52. The topological polar surface area (TPSA) is 55.1 Å². The van der Waals surface area contributed by atoms with E-state index < -0.39 is 5.41 Å². The number of thiocarbonyl (C=S) groups is 1. The number of hydrogen-bond acceptors (Lipinski definition) is 2. The first-order valence-corrected chi connectivity index (χ1v) is 6.40. The minimum absolute atomic E-state index is 0.148. The molecular weight excluding hydrogens is 268 g/mol. The average Bonchev–Trinajstić information content (AvgIpc) is 2.28. The third-order valence-electron chi connectivity index (χ3n) is 2.88. The number of amides is 1. The quantitative estimate of drug-likeness (QED) is 0.836. The SMILES string of the molecule is CC(NC(=O)C(C)(C)C(N)=S)c1cccc(Cl)c1. The van der Waals surface area contributed by atoms with Gasteiger partial charge in [-0.25, -0.2) is 0 Å². The number of nitrogens with one attached hydrogen (secondary N) is 1. The van der Waals surface area contributed by atoms with Crippen LogP contribution in [0.3, 0.4) is 0 Å². The molecule has 0 aliphatic carbocycles. The molecule has 5 heteroatoms. The van der Waals surface area contributed by atoms with Gasteiger partial charge in [-0.15, -0.1) is 0 Å². The number of halogens is 1. The van der Waals surface area contributed by atoms with Crippen LogP contribution in [0, 0.1) is 5.41 Å². The summed E-state index contributed by atoms with van der Waals surface area (Å²) in [6.45, 7) is 5.30. The lowest BCUT2D eigenvalue weighted by Gasteiger charge is -2.25. The van der Waals surface area contributed by atoms with E-state index in [0.717, 1.165) is 5.56 Å². The predicted molar refractivity (Wildman–Crippen MR) is 78.6 cm³/mol. The maximum Gasteiger partial charge on any atom is 0.232 e. The number of nitrogens with two attached hydrogens (primary N) is 1. The van der Waals surface area contributed by atoms with Crippen molar-refractivity contribution in [2.75, 3.05) is 0 Å². The van der Waals surface area contributed by atoms with Crippen LogP contribution in [0.1, 0.15) is 32.4 Å². The van der Waals surface area contributed by atoms with Crippen LogP contribution >= 0.6 is 23.8 Å². The van der Waals surface area contributed by atoms with E-state index in [1.807, 2.05) is 25.1 Å².